The normalized spacial score (nSPS) is 16.7. The Hall–Kier alpha value is 0.283. The van der Waals surface area contributed by atoms with Crippen LogP contribution in [0.25, 0.3) is 0 Å². The number of halogens is 1. The van der Waals surface area contributed by atoms with Gasteiger partial charge in [-0.25, -0.2) is 0 Å². The summed E-state index contributed by atoms with van der Waals surface area (Å²) in [5.41, 5.74) is 1.39. The number of hydrogen-bond donors (Lipinski definition) is 0. The number of likely N-dealkylation sites (tertiary alicyclic amines) is 1. The molecule has 0 atom stereocenters. The van der Waals surface area contributed by atoms with Gasteiger partial charge in [0.2, 0.25) is 0 Å². The summed E-state index contributed by atoms with van der Waals surface area (Å²) in [5, 5.41) is 0. The summed E-state index contributed by atoms with van der Waals surface area (Å²) in [4.78, 5) is 2.53. The first kappa shape index (κ1) is 13.3. The van der Waals surface area contributed by atoms with E-state index in [0.717, 1.165) is 6.54 Å². The molecule has 1 nitrogen and oxygen atoms in total. The van der Waals surface area contributed by atoms with Crippen LogP contribution in [0.4, 0.5) is 0 Å². The average molecular weight is 320 g/mol. The van der Waals surface area contributed by atoms with E-state index in [1.165, 1.54) is 54.3 Å². The first-order chi connectivity index (χ1) is 7.45. The standard InChI is InChI=1S/C12H16N.BrH.Zn/c1-3-7-12(8-4-1)11-13-9-5-2-6-10-13;;/h1,3,7-8H,2,5-6,9-11H2;1H;/q-1;;+2/p-1. The molecule has 0 aromatic heterocycles. The van der Waals surface area contributed by atoms with Crippen molar-refractivity contribution in [3.8, 4) is 0 Å². The molecule has 0 N–H and O–H groups in total. The number of hydrogen-bond acceptors (Lipinski definition) is 1. The predicted molar refractivity (Wildman–Crippen MR) is 63.3 cm³/mol. The zero-order valence-corrected chi connectivity index (χ0v) is 13.6. The van der Waals surface area contributed by atoms with Crippen LogP contribution < -0.4 is 0 Å². The molecule has 1 aliphatic rings. The Morgan fingerprint density at radius 3 is 2.60 bits per heavy atom. The molecule has 0 amide bonds. The minimum Gasteiger partial charge on any atom is -0.310 e. The fourth-order valence-corrected chi connectivity index (χ4v) is 1.90. The summed E-state index contributed by atoms with van der Waals surface area (Å²) in [5.74, 6) is 0. The van der Waals surface area contributed by atoms with Gasteiger partial charge in [-0.2, -0.15) is 30.3 Å². The Kier molecular flexibility index (Phi) is 7.51. The van der Waals surface area contributed by atoms with Gasteiger partial charge in [0.15, 0.2) is 0 Å². The molecule has 0 aliphatic carbocycles. The molecule has 1 saturated heterocycles. The van der Waals surface area contributed by atoms with Crippen molar-refractivity contribution in [2.45, 2.75) is 25.8 Å². The molecule has 0 saturated carbocycles. The summed E-state index contributed by atoms with van der Waals surface area (Å²) >= 11 is 4.25. The monoisotopic (exact) mass is 317 g/mol. The van der Waals surface area contributed by atoms with E-state index >= 15 is 0 Å². The quantitative estimate of drug-likeness (QED) is 0.597. The molecule has 1 aliphatic heterocycles. The molecular weight excluding hydrogens is 303 g/mol. The molecule has 1 fully saturated rings. The minimum absolute atomic E-state index is 1.11. The molecule has 0 unspecified atom stereocenters. The van der Waals surface area contributed by atoms with E-state index in [1.807, 2.05) is 6.07 Å². The van der Waals surface area contributed by atoms with Gasteiger partial charge in [0.25, 0.3) is 0 Å². The Bertz CT molecular complexity index is 247. The van der Waals surface area contributed by atoms with Crippen LogP contribution in [0.2, 0.25) is 0 Å². The third kappa shape index (κ3) is 5.24. The maximum absolute atomic E-state index is 3.12. The van der Waals surface area contributed by atoms with Crippen molar-refractivity contribution in [2.75, 3.05) is 13.1 Å². The molecule has 0 bridgehead atoms. The van der Waals surface area contributed by atoms with Gasteiger partial charge in [-0.05, 0) is 32.5 Å². The van der Waals surface area contributed by atoms with Crippen LogP contribution >= 0.6 is 13.6 Å². The second kappa shape index (κ2) is 8.44. The number of piperidine rings is 1. The molecule has 1 heterocycles. The van der Waals surface area contributed by atoms with Crippen LogP contribution in [0.1, 0.15) is 24.8 Å². The van der Waals surface area contributed by atoms with Gasteiger partial charge in [0.05, 0.1) is 0 Å². The van der Waals surface area contributed by atoms with E-state index in [2.05, 4.69) is 42.8 Å². The third-order valence-corrected chi connectivity index (χ3v) is 2.63. The Balaban J connectivity index is 0.000000531. The third-order valence-electron chi connectivity index (χ3n) is 2.63. The molecule has 1 aromatic rings. The molecule has 15 heavy (non-hydrogen) atoms. The maximum Gasteiger partial charge on any atom is -0.00264 e. The van der Waals surface area contributed by atoms with E-state index in [9.17, 15) is 0 Å². The smallest absolute Gasteiger partial charge is 0.00264 e. The fraction of sp³-hybridized carbons (Fsp3) is 0.500. The first-order valence-electron chi connectivity index (χ1n) is 5.39. The number of nitrogens with zero attached hydrogens (tertiary/aromatic N) is 1. The average Bonchev–Trinajstić information content (AvgIpc) is 2.34. The van der Waals surface area contributed by atoms with Crippen molar-refractivity contribution in [1.82, 2.24) is 4.90 Å². The van der Waals surface area contributed by atoms with Crippen LogP contribution in [-0.2, 0) is 22.9 Å². The van der Waals surface area contributed by atoms with Gasteiger partial charge in [0.1, 0.15) is 0 Å². The number of rotatable bonds is 2. The molecule has 0 radical (unpaired) electrons. The topological polar surface area (TPSA) is 3.24 Å². The zero-order chi connectivity index (χ0) is 10.9. The van der Waals surface area contributed by atoms with Crippen LogP contribution in [-0.4, -0.2) is 18.0 Å². The largest absolute Gasteiger partial charge is 0.310 e. The molecule has 0 spiro atoms. The van der Waals surface area contributed by atoms with Gasteiger partial charge in [-0.3, -0.25) is 0 Å². The first-order valence-corrected chi connectivity index (χ1v) is 12.3. The van der Waals surface area contributed by atoms with Gasteiger partial charge in [0, 0.05) is 0 Å². The fourth-order valence-electron chi connectivity index (χ4n) is 1.90. The minimum atomic E-state index is 1.11. The molecule has 1 aromatic carbocycles. The van der Waals surface area contributed by atoms with E-state index in [0.29, 0.717) is 0 Å². The van der Waals surface area contributed by atoms with E-state index in [-0.39, 0.29) is 0 Å². The van der Waals surface area contributed by atoms with E-state index in [1.54, 1.807) is 0 Å². The summed E-state index contributed by atoms with van der Waals surface area (Å²) in [6, 6.07) is 11.4. The van der Waals surface area contributed by atoms with Crippen LogP contribution in [0.5, 0.6) is 0 Å². The van der Waals surface area contributed by atoms with Crippen LogP contribution in [0.15, 0.2) is 24.3 Å². The molecule has 2 rings (SSSR count). The SMILES string of the molecule is [Zn+][Br].[c-]1cccc(CN2CCCCC2)c1. The van der Waals surface area contributed by atoms with Gasteiger partial charge in [-0.15, -0.1) is 5.56 Å². The van der Waals surface area contributed by atoms with Crippen molar-refractivity contribution >= 4 is 13.6 Å². The van der Waals surface area contributed by atoms with Crippen molar-refractivity contribution in [3.63, 3.8) is 0 Å². The maximum atomic E-state index is 3.12. The van der Waals surface area contributed by atoms with Crippen molar-refractivity contribution < 1.29 is 16.3 Å². The second-order valence-corrected chi connectivity index (χ2v) is 3.75. The van der Waals surface area contributed by atoms with Crippen molar-refractivity contribution in [1.29, 1.82) is 0 Å². The number of benzene rings is 1. The van der Waals surface area contributed by atoms with Crippen LogP contribution in [0.3, 0.4) is 0 Å². The molecule has 3 heteroatoms. The summed E-state index contributed by atoms with van der Waals surface area (Å²) in [6.45, 7) is 3.65. The van der Waals surface area contributed by atoms with Crippen molar-refractivity contribution in [2.24, 2.45) is 0 Å². The molecular formula is C12H16BrNZn. The Morgan fingerprint density at radius 2 is 2.00 bits per heavy atom. The predicted octanol–water partition coefficient (Wildman–Crippen LogP) is 3.32. The van der Waals surface area contributed by atoms with E-state index in [4.69, 9.17) is 0 Å². The summed E-state index contributed by atoms with van der Waals surface area (Å²) < 4.78 is 0. The summed E-state index contributed by atoms with van der Waals surface area (Å²) in [6.07, 6.45) is 4.16. The zero-order valence-electron chi connectivity index (χ0n) is 9.08. The Labute approximate surface area is 109 Å². The molecule has 78 valence electrons. The van der Waals surface area contributed by atoms with Gasteiger partial charge >= 0.3 is 30.0 Å². The summed E-state index contributed by atoms with van der Waals surface area (Å²) in [7, 11) is 0. The van der Waals surface area contributed by atoms with Gasteiger partial charge in [-0.1, -0.05) is 6.42 Å². The van der Waals surface area contributed by atoms with Gasteiger partial charge < -0.3 is 4.90 Å². The second-order valence-electron chi connectivity index (χ2n) is 3.75. The Morgan fingerprint density at radius 1 is 1.27 bits per heavy atom. The van der Waals surface area contributed by atoms with Crippen LogP contribution in [0, 0.1) is 6.07 Å². The van der Waals surface area contributed by atoms with Crippen molar-refractivity contribution in [3.05, 3.63) is 35.9 Å². The van der Waals surface area contributed by atoms with E-state index < -0.39 is 0 Å².